The van der Waals surface area contributed by atoms with Crippen LogP contribution in [0.5, 0.6) is 0 Å². The third-order valence-corrected chi connectivity index (χ3v) is 4.96. The number of hydrazone groups is 1. The van der Waals surface area contributed by atoms with Crippen molar-refractivity contribution in [3.8, 4) is 0 Å². The van der Waals surface area contributed by atoms with Gasteiger partial charge in [-0.05, 0) is 4.92 Å². The van der Waals surface area contributed by atoms with E-state index < -0.39 is 68.0 Å². The molecule has 0 amide bonds. The lowest BCUT2D eigenvalue weighted by Crippen LogP contribution is -2.37. The molecular formula is C15H11F3N8O8. The predicted octanol–water partition coefficient (Wildman–Crippen LogP) is 2.18. The first-order valence-electron chi connectivity index (χ1n) is 9.14. The zero-order valence-corrected chi connectivity index (χ0v) is 16.4. The third-order valence-electron chi connectivity index (χ3n) is 4.96. The molecule has 4 rings (SSSR count). The Kier molecular flexibility index (Phi) is 5.57. The summed E-state index contributed by atoms with van der Waals surface area (Å²) in [4.78, 5) is 33.8. The van der Waals surface area contributed by atoms with Crippen molar-refractivity contribution in [3.63, 3.8) is 0 Å². The van der Waals surface area contributed by atoms with E-state index in [4.69, 9.17) is 9.47 Å². The van der Waals surface area contributed by atoms with Gasteiger partial charge < -0.3 is 19.6 Å². The second kappa shape index (κ2) is 8.26. The third kappa shape index (κ3) is 4.20. The van der Waals surface area contributed by atoms with Crippen molar-refractivity contribution >= 4 is 28.7 Å². The minimum atomic E-state index is -5.07. The quantitative estimate of drug-likeness (QED) is 0.461. The number of hydrogen-bond donors (Lipinski definition) is 1. The van der Waals surface area contributed by atoms with Crippen LogP contribution < -0.4 is 5.43 Å². The Morgan fingerprint density at radius 2 is 1.76 bits per heavy atom. The monoisotopic (exact) mass is 488 g/mol. The Bertz CT molecular complexity index is 1180. The number of rotatable bonds is 6. The van der Waals surface area contributed by atoms with Crippen molar-refractivity contribution in [3.05, 3.63) is 54.4 Å². The standard InChI is InChI=1S/C15H11F3N8O8/c16-15(17,18)6-1-9(24(27)28)12(10(2-6)25(29)30)21-20-7-3-8(11-4-33-13(7)34-11)23-5-19-14(22-23)26(31)32/h1-2,5,8,11,13,21H,3-4H2/t8-,11+,13-/m0/s1. The van der Waals surface area contributed by atoms with Crippen LogP contribution in [0.1, 0.15) is 18.0 Å². The summed E-state index contributed by atoms with van der Waals surface area (Å²) >= 11 is 0. The highest BCUT2D eigenvalue weighted by Gasteiger charge is 2.45. The molecule has 19 heteroatoms. The van der Waals surface area contributed by atoms with E-state index in [9.17, 15) is 43.5 Å². The molecule has 2 saturated heterocycles. The number of hydrogen-bond acceptors (Lipinski definition) is 12. The summed E-state index contributed by atoms with van der Waals surface area (Å²) in [5.74, 6) is -0.673. The summed E-state index contributed by atoms with van der Waals surface area (Å²) in [6, 6.07) is -0.406. The number of nitrogens with zero attached hydrogens (tertiary/aromatic N) is 7. The van der Waals surface area contributed by atoms with Crippen molar-refractivity contribution in [1.82, 2.24) is 14.8 Å². The smallest absolute Gasteiger partial charge is 0.390 e. The molecule has 180 valence electrons. The summed E-state index contributed by atoms with van der Waals surface area (Å²) < 4.78 is 51.3. The summed E-state index contributed by atoms with van der Waals surface area (Å²) in [5.41, 5.74) is -2.80. The number of aromatic nitrogens is 3. The van der Waals surface area contributed by atoms with Gasteiger partial charge in [0.1, 0.15) is 12.1 Å². The Labute approximate surface area is 184 Å². The number of nitro benzene ring substituents is 2. The summed E-state index contributed by atoms with van der Waals surface area (Å²) in [5, 5.41) is 41.1. The highest BCUT2D eigenvalue weighted by Crippen LogP contribution is 2.41. The molecule has 1 N–H and O–H groups in total. The van der Waals surface area contributed by atoms with Gasteiger partial charge in [0.05, 0.1) is 27.7 Å². The van der Waals surface area contributed by atoms with E-state index in [1.807, 2.05) is 0 Å². The lowest BCUT2D eigenvalue weighted by Gasteiger charge is -2.26. The van der Waals surface area contributed by atoms with Gasteiger partial charge in [-0.1, -0.05) is 4.98 Å². The van der Waals surface area contributed by atoms with Crippen LogP contribution in [0.3, 0.4) is 0 Å². The van der Waals surface area contributed by atoms with E-state index >= 15 is 0 Å². The van der Waals surface area contributed by atoms with Crippen LogP contribution in [0.15, 0.2) is 23.6 Å². The van der Waals surface area contributed by atoms with Gasteiger partial charge in [0.15, 0.2) is 6.29 Å². The van der Waals surface area contributed by atoms with E-state index in [-0.39, 0.29) is 30.9 Å². The van der Waals surface area contributed by atoms with Crippen LogP contribution in [-0.2, 0) is 15.7 Å². The summed E-state index contributed by atoms with van der Waals surface area (Å²) in [6.07, 6.45) is -5.66. The molecule has 16 nitrogen and oxygen atoms in total. The molecule has 0 spiro atoms. The maximum atomic E-state index is 13.1. The van der Waals surface area contributed by atoms with E-state index in [0.717, 1.165) is 11.0 Å². The molecule has 2 aliphatic rings. The van der Waals surface area contributed by atoms with Crippen LogP contribution in [-0.4, -0.2) is 54.2 Å². The average Bonchev–Trinajstić information content (AvgIpc) is 3.40. The fraction of sp³-hybridized carbons (Fsp3) is 0.400. The first kappa shape index (κ1) is 22.9. The molecule has 0 aliphatic carbocycles. The number of fused-ring (bicyclic) bond motifs is 2. The first-order valence-corrected chi connectivity index (χ1v) is 9.14. The Morgan fingerprint density at radius 3 is 2.29 bits per heavy atom. The number of anilines is 1. The number of alkyl halides is 3. The van der Waals surface area contributed by atoms with E-state index in [1.54, 1.807) is 0 Å². The van der Waals surface area contributed by atoms with Crippen LogP contribution in [0, 0.1) is 30.3 Å². The molecule has 1 aromatic carbocycles. The fourth-order valence-corrected chi connectivity index (χ4v) is 3.42. The zero-order chi connectivity index (χ0) is 24.8. The van der Waals surface area contributed by atoms with Gasteiger partial charge in [0.25, 0.3) is 0 Å². The van der Waals surface area contributed by atoms with E-state index in [1.165, 1.54) is 0 Å². The van der Waals surface area contributed by atoms with Crippen molar-refractivity contribution in [2.75, 3.05) is 12.0 Å². The minimum Gasteiger partial charge on any atom is -0.390 e. The fourth-order valence-electron chi connectivity index (χ4n) is 3.42. The van der Waals surface area contributed by atoms with Crippen LogP contribution in [0.4, 0.5) is 36.2 Å². The van der Waals surface area contributed by atoms with Crippen molar-refractivity contribution in [1.29, 1.82) is 0 Å². The van der Waals surface area contributed by atoms with Crippen molar-refractivity contribution < 1.29 is 37.4 Å². The minimum absolute atomic E-state index is 0.0227. The van der Waals surface area contributed by atoms with Crippen LogP contribution in [0.25, 0.3) is 0 Å². The van der Waals surface area contributed by atoms with Crippen molar-refractivity contribution in [2.45, 2.75) is 31.0 Å². The SMILES string of the molecule is O=[N+]([O-])c1ncn([C@H]2CC(=NNc3c([N+](=O)[O-])cc(C(F)(F)F)cc3[N+](=O)[O-])[C@H]3OC[C@H]2O3)n1. The number of nitro groups is 3. The number of benzene rings is 1. The van der Waals surface area contributed by atoms with Gasteiger partial charge in [-0.15, -0.1) is 0 Å². The van der Waals surface area contributed by atoms with Gasteiger partial charge in [-0.3, -0.25) is 25.7 Å². The molecule has 1 aromatic heterocycles. The number of nitrogens with one attached hydrogen (secondary N) is 1. The highest BCUT2D eigenvalue weighted by molar-refractivity contribution is 5.90. The maximum Gasteiger partial charge on any atom is 0.490 e. The normalized spacial score (nSPS) is 23.1. The Morgan fingerprint density at radius 1 is 1.12 bits per heavy atom. The van der Waals surface area contributed by atoms with Gasteiger partial charge in [0, 0.05) is 23.7 Å². The Hall–Kier alpha value is -4.26. The first-order chi connectivity index (χ1) is 16.0. The molecular weight excluding hydrogens is 477 g/mol. The molecule has 2 fully saturated rings. The lowest BCUT2D eigenvalue weighted by molar-refractivity contribution is -0.394. The van der Waals surface area contributed by atoms with Gasteiger partial charge in [-0.25, -0.2) is 0 Å². The molecule has 2 aliphatic heterocycles. The molecule has 34 heavy (non-hydrogen) atoms. The summed E-state index contributed by atoms with van der Waals surface area (Å²) in [7, 11) is 0. The van der Waals surface area contributed by atoms with Gasteiger partial charge in [-0.2, -0.15) is 23.0 Å². The van der Waals surface area contributed by atoms with Crippen LogP contribution >= 0.6 is 0 Å². The summed E-state index contributed by atoms with van der Waals surface area (Å²) in [6.45, 7) is 0.0303. The largest absolute Gasteiger partial charge is 0.490 e. The van der Waals surface area contributed by atoms with Crippen LogP contribution in [0.2, 0.25) is 0 Å². The van der Waals surface area contributed by atoms with Gasteiger partial charge in [0.2, 0.25) is 12.0 Å². The molecule has 3 heterocycles. The molecule has 0 radical (unpaired) electrons. The topological polar surface area (TPSA) is 203 Å². The van der Waals surface area contributed by atoms with E-state index in [0.29, 0.717) is 0 Å². The molecule has 0 saturated carbocycles. The second-order valence-corrected chi connectivity index (χ2v) is 7.01. The van der Waals surface area contributed by atoms with Crippen molar-refractivity contribution in [2.24, 2.45) is 5.10 Å². The zero-order valence-electron chi connectivity index (χ0n) is 16.4. The molecule has 3 atom stereocenters. The average molecular weight is 488 g/mol. The molecule has 2 aromatic rings. The van der Waals surface area contributed by atoms with E-state index in [2.05, 4.69) is 20.6 Å². The highest BCUT2D eigenvalue weighted by atomic mass is 19.4. The number of halogens is 3. The molecule has 2 bridgehead atoms. The maximum absolute atomic E-state index is 13.1. The van der Waals surface area contributed by atoms with Gasteiger partial charge >= 0.3 is 23.5 Å². The lowest BCUT2D eigenvalue weighted by atomic mass is 10.0. The Balaban J connectivity index is 1.69. The second-order valence-electron chi connectivity index (χ2n) is 7.01. The predicted molar refractivity (Wildman–Crippen MR) is 101 cm³/mol. The number of ether oxygens (including phenoxy) is 2. The molecule has 0 unspecified atom stereocenters.